The topological polar surface area (TPSA) is 111 Å². The number of imide groups is 1. The fraction of sp³-hybridized carbons (Fsp3) is 0.350. The van der Waals surface area contributed by atoms with E-state index in [4.69, 9.17) is 4.74 Å². The van der Waals surface area contributed by atoms with Gasteiger partial charge in [-0.1, -0.05) is 12.1 Å². The van der Waals surface area contributed by atoms with Crippen LogP contribution in [0.15, 0.2) is 36.5 Å². The Morgan fingerprint density at radius 3 is 2.14 bits per heavy atom. The van der Waals surface area contributed by atoms with Crippen LogP contribution in [0.4, 0.5) is 5.82 Å². The smallest absolute Gasteiger partial charge is 0.329 e. The number of amides is 3. The number of ether oxygens (including phenoxy) is 1. The fourth-order valence-electron chi connectivity index (χ4n) is 3.04. The van der Waals surface area contributed by atoms with E-state index >= 15 is 0 Å². The molecule has 2 heterocycles. The molecule has 3 rings (SSSR count). The van der Waals surface area contributed by atoms with Crippen molar-refractivity contribution in [3.05, 3.63) is 47.7 Å². The summed E-state index contributed by atoms with van der Waals surface area (Å²) in [7, 11) is 0. The van der Waals surface area contributed by atoms with Gasteiger partial charge in [0.05, 0.1) is 17.3 Å². The first kappa shape index (κ1) is 20.2. The maximum atomic E-state index is 12.5. The molecule has 0 spiro atoms. The minimum atomic E-state index is -1.17. The largest absolute Gasteiger partial charge is 0.451 e. The molecular formula is C20H22N4O5. The number of benzene rings is 1. The Morgan fingerprint density at radius 2 is 1.59 bits per heavy atom. The monoisotopic (exact) mass is 398 g/mol. The van der Waals surface area contributed by atoms with Crippen LogP contribution in [-0.2, 0) is 14.3 Å². The molecule has 29 heavy (non-hydrogen) atoms. The zero-order chi connectivity index (χ0) is 21.3. The molecule has 0 bridgehead atoms. The number of hydrogen-bond donors (Lipinski definition) is 1. The van der Waals surface area contributed by atoms with Gasteiger partial charge >= 0.3 is 5.97 Å². The normalized spacial score (nSPS) is 15.3. The molecule has 1 aromatic carbocycles. The summed E-state index contributed by atoms with van der Waals surface area (Å²) in [5.41, 5.74) is 0.481. The van der Waals surface area contributed by atoms with Crippen LogP contribution in [0.1, 0.15) is 54.5 Å². The van der Waals surface area contributed by atoms with E-state index in [1.165, 1.54) is 26.0 Å². The van der Waals surface area contributed by atoms with Crippen LogP contribution >= 0.6 is 0 Å². The van der Waals surface area contributed by atoms with Crippen LogP contribution in [0, 0.1) is 0 Å². The summed E-state index contributed by atoms with van der Waals surface area (Å²) >= 11 is 0. The molecule has 1 N–H and O–H groups in total. The average molecular weight is 398 g/mol. The molecule has 9 nitrogen and oxygen atoms in total. The maximum absolute atomic E-state index is 12.5. The molecule has 1 aliphatic rings. The Balaban J connectivity index is 1.65. The number of nitrogens with zero attached hydrogens (tertiary/aromatic N) is 3. The second kappa shape index (κ2) is 7.86. The van der Waals surface area contributed by atoms with Gasteiger partial charge in [0.15, 0.2) is 6.10 Å². The van der Waals surface area contributed by atoms with E-state index in [2.05, 4.69) is 10.4 Å². The number of aromatic nitrogens is 2. The van der Waals surface area contributed by atoms with Gasteiger partial charge in [0, 0.05) is 12.1 Å². The molecule has 2 atom stereocenters. The average Bonchev–Trinajstić information content (AvgIpc) is 3.24. The van der Waals surface area contributed by atoms with Crippen LogP contribution in [0.3, 0.4) is 0 Å². The van der Waals surface area contributed by atoms with Crippen molar-refractivity contribution in [2.45, 2.75) is 45.9 Å². The summed E-state index contributed by atoms with van der Waals surface area (Å²) in [5, 5.41) is 6.77. The fourth-order valence-corrected chi connectivity index (χ4v) is 3.04. The van der Waals surface area contributed by atoms with Crippen molar-refractivity contribution < 1.29 is 23.9 Å². The van der Waals surface area contributed by atoms with E-state index in [0.717, 1.165) is 4.90 Å². The van der Waals surface area contributed by atoms with Crippen molar-refractivity contribution in [3.63, 3.8) is 0 Å². The molecule has 2 unspecified atom stereocenters. The van der Waals surface area contributed by atoms with Crippen molar-refractivity contribution in [3.8, 4) is 0 Å². The number of rotatable bonds is 6. The molecule has 1 aliphatic heterocycles. The molecule has 0 saturated carbocycles. The molecule has 0 fully saturated rings. The molecule has 152 valence electrons. The molecular weight excluding hydrogens is 376 g/mol. The summed E-state index contributed by atoms with van der Waals surface area (Å²) in [6, 6.07) is 6.85. The first-order valence-corrected chi connectivity index (χ1v) is 9.24. The highest BCUT2D eigenvalue weighted by atomic mass is 16.5. The highest BCUT2D eigenvalue weighted by Crippen LogP contribution is 2.25. The van der Waals surface area contributed by atoms with Gasteiger partial charge in [-0.2, -0.15) is 5.10 Å². The van der Waals surface area contributed by atoms with E-state index in [9.17, 15) is 19.2 Å². The molecule has 9 heteroatoms. The van der Waals surface area contributed by atoms with E-state index in [1.807, 2.05) is 13.8 Å². The van der Waals surface area contributed by atoms with Crippen LogP contribution in [0.25, 0.3) is 0 Å². The third-order valence-electron chi connectivity index (χ3n) is 4.63. The summed E-state index contributed by atoms with van der Waals surface area (Å²) in [4.78, 5) is 50.7. The minimum absolute atomic E-state index is 0.0343. The lowest BCUT2D eigenvalue weighted by atomic mass is 10.1. The summed E-state index contributed by atoms with van der Waals surface area (Å²) < 4.78 is 6.82. The van der Waals surface area contributed by atoms with Crippen molar-refractivity contribution in [2.75, 3.05) is 5.32 Å². The van der Waals surface area contributed by atoms with E-state index in [0.29, 0.717) is 5.82 Å². The number of fused-ring (bicyclic) bond motifs is 1. The molecule has 0 radical (unpaired) electrons. The Kier molecular flexibility index (Phi) is 5.49. The van der Waals surface area contributed by atoms with E-state index < -0.39 is 35.8 Å². The third-order valence-corrected chi connectivity index (χ3v) is 4.63. The van der Waals surface area contributed by atoms with Crippen molar-refractivity contribution in [2.24, 2.45) is 0 Å². The summed E-state index contributed by atoms with van der Waals surface area (Å²) in [6.45, 7) is 6.63. The maximum Gasteiger partial charge on any atom is 0.329 e. The number of carbonyl (C=O) groups is 4. The molecule has 0 aliphatic carbocycles. The number of anilines is 1. The minimum Gasteiger partial charge on any atom is -0.451 e. The third kappa shape index (κ3) is 3.75. The van der Waals surface area contributed by atoms with Gasteiger partial charge < -0.3 is 10.1 Å². The van der Waals surface area contributed by atoms with Crippen molar-refractivity contribution >= 4 is 29.5 Å². The Labute approximate surface area is 167 Å². The first-order chi connectivity index (χ1) is 13.7. The standard InChI is InChI=1S/C20H22N4O5/c1-11(2)24-16(9-10-21-24)22-17(25)13(4)29-20(28)12(3)23-18(26)14-7-5-6-8-15(14)19(23)27/h5-13H,1-4H3,(H,22,25). The lowest BCUT2D eigenvalue weighted by Crippen LogP contribution is -2.45. The van der Waals surface area contributed by atoms with Gasteiger partial charge in [-0.3, -0.25) is 19.3 Å². The van der Waals surface area contributed by atoms with E-state index in [1.54, 1.807) is 29.1 Å². The van der Waals surface area contributed by atoms with Crippen LogP contribution < -0.4 is 5.32 Å². The van der Waals surface area contributed by atoms with Gasteiger partial charge in [0.25, 0.3) is 17.7 Å². The number of nitrogens with one attached hydrogen (secondary N) is 1. The van der Waals surface area contributed by atoms with Gasteiger partial charge in [0.2, 0.25) is 0 Å². The predicted octanol–water partition coefficient (Wildman–Crippen LogP) is 2.02. The highest BCUT2D eigenvalue weighted by Gasteiger charge is 2.41. The zero-order valence-electron chi connectivity index (χ0n) is 16.6. The van der Waals surface area contributed by atoms with Crippen molar-refractivity contribution in [1.82, 2.24) is 14.7 Å². The van der Waals surface area contributed by atoms with Crippen LogP contribution in [0.5, 0.6) is 0 Å². The molecule has 3 amide bonds. The van der Waals surface area contributed by atoms with Gasteiger partial charge in [-0.05, 0) is 39.8 Å². The van der Waals surface area contributed by atoms with Crippen LogP contribution in [0.2, 0.25) is 0 Å². The summed E-state index contributed by atoms with van der Waals surface area (Å²) in [5.74, 6) is -2.04. The molecule has 2 aromatic rings. The summed E-state index contributed by atoms with van der Waals surface area (Å²) in [6.07, 6.45) is 0.423. The molecule has 1 aromatic heterocycles. The second-order valence-electron chi connectivity index (χ2n) is 7.02. The number of esters is 1. The quantitative estimate of drug-likeness (QED) is 0.589. The molecule has 0 saturated heterocycles. The highest BCUT2D eigenvalue weighted by molar-refractivity contribution is 6.22. The Morgan fingerprint density at radius 1 is 1.00 bits per heavy atom. The number of hydrogen-bond acceptors (Lipinski definition) is 6. The first-order valence-electron chi connectivity index (χ1n) is 9.24. The van der Waals surface area contributed by atoms with E-state index in [-0.39, 0.29) is 17.2 Å². The van der Waals surface area contributed by atoms with Crippen molar-refractivity contribution in [1.29, 1.82) is 0 Å². The van der Waals surface area contributed by atoms with Crippen LogP contribution in [-0.4, -0.2) is 50.5 Å². The van der Waals surface area contributed by atoms with Gasteiger partial charge in [0.1, 0.15) is 11.9 Å². The SMILES string of the molecule is CC(OC(=O)C(C)N1C(=O)c2ccccc2C1=O)C(=O)Nc1ccnn1C(C)C. The zero-order valence-corrected chi connectivity index (χ0v) is 16.6. The Hall–Kier alpha value is -3.49. The van der Waals surface area contributed by atoms with Gasteiger partial charge in [-0.15, -0.1) is 0 Å². The Bertz CT molecular complexity index is 946. The van der Waals surface area contributed by atoms with Gasteiger partial charge in [-0.25, -0.2) is 9.48 Å². The second-order valence-corrected chi connectivity index (χ2v) is 7.02. The number of carbonyl (C=O) groups excluding carboxylic acids is 4. The predicted molar refractivity (Wildman–Crippen MR) is 103 cm³/mol. The lowest BCUT2D eigenvalue weighted by molar-refractivity contribution is -0.156. The lowest BCUT2D eigenvalue weighted by Gasteiger charge is -2.23.